The fourth-order valence-electron chi connectivity index (χ4n) is 2.44. The zero-order valence-electron chi connectivity index (χ0n) is 12.1. The summed E-state index contributed by atoms with van der Waals surface area (Å²) in [6.07, 6.45) is 3.29. The molecule has 106 valence electrons. The highest BCUT2D eigenvalue weighted by Crippen LogP contribution is 2.27. The molecule has 1 nitrogen and oxygen atoms in total. The molecule has 0 aliphatic heterocycles. The lowest BCUT2D eigenvalue weighted by Gasteiger charge is -2.18. The maximum Gasteiger partial charge on any atom is 0.0101 e. The van der Waals surface area contributed by atoms with Crippen LogP contribution < -0.4 is 5.32 Å². The van der Waals surface area contributed by atoms with Crippen molar-refractivity contribution in [2.75, 3.05) is 25.1 Å². The Morgan fingerprint density at radius 1 is 0.850 bits per heavy atom. The average Bonchev–Trinajstić information content (AvgIpc) is 2.53. The van der Waals surface area contributed by atoms with Crippen LogP contribution in [0, 0.1) is 0 Å². The molecule has 0 radical (unpaired) electrons. The smallest absolute Gasteiger partial charge is 0.0101 e. The topological polar surface area (TPSA) is 12.0 Å². The maximum absolute atomic E-state index is 3.54. The first-order chi connectivity index (χ1) is 9.92. The van der Waals surface area contributed by atoms with E-state index in [0.29, 0.717) is 5.92 Å². The molecule has 0 aromatic heterocycles. The number of hydrogen-bond donors (Lipinski definition) is 1. The molecule has 0 saturated heterocycles. The van der Waals surface area contributed by atoms with E-state index in [1.165, 1.54) is 16.9 Å². The van der Waals surface area contributed by atoms with Gasteiger partial charge in [0.15, 0.2) is 0 Å². The quantitative estimate of drug-likeness (QED) is 0.731. The molecule has 0 atom stereocenters. The predicted octanol–water partition coefficient (Wildman–Crippen LogP) is 4.16. The Labute approximate surface area is 126 Å². The fraction of sp³-hybridized carbons (Fsp3) is 0.333. The standard InChI is InChI=1S/C18H23NS/c1-20-15-14-19-13-12-18(16-8-4-2-5-9-16)17-10-6-3-7-11-17/h2-11,18-19H,12-15H2,1H3. The van der Waals surface area contributed by atoms with Crippen LogP contribution in [0.2, 0.25) is 0 Å². The molecular weight excluding hydrogens is 262 g/mol. The van der Waals surface area contributed by atoms with Gasteiger partial charge in [-0.25, -0.2) is 0 Å². The van der Waals surface area contributed by atoms with E-state index in [1.54, 1.807) is 0 Å². The monoisotopic (exact) mass is 285 g/mol. The molecule has 20 heavy (non-hydrogen) atoms. The van der Waals surface area contributed by atoms with E-state index >= 15 is 0 Å². The molecule has 0 amide bonds. The van der Waals surface area contributed by atoms with Gasteiger partial charge in [-0.15, -0.1) is 0 Å². The Morgan fingerprint density at radius 2 is 1.40 bits per heavy atom. The largest absolute Gasteiger partial charge is 0.316 e. The van der Waals surface area contributed by atoms with Crippen LogP contribution in [-0.4, -0.2) is 25.1 Å². The van der Waals surface area contributed by atoms with Crippen molar-refractivity contribution in [2.45, 2.75) is 12.3 Å². The summed E-state index contributed by atoms with van der Waals surface area (Å²) in [6.45, 7) is 2.16. The van der Waals surface area contributed by atoms with Gasteiger partial charge in [0, 0.05) is 18.2 Å². The normalized spacial score (nSPS) is 10.9. The minimum Gasteiger partial charge on any atom is -0.316 e. The Morgan fingerprint density at radius 3 is 1.90 bits per heavy atom. The summed E-state index contributed by atoms with van der Waals surface area (Å²) in [6, 6.07) is 21.6. The summed E-state index contributed by atoms with van der Waals surface area (Å²) in [4.78, 5) is 0. The van der Waals surface area contributed by atoms with E-state index in [9.17, 15) is 0 Å². The highest BCUT2D eigenvalue weighted by atomic mass is 32.2. The molecule has 0 aliphatic rings. The molecule has 0 unspecified atom stereocenters. The molecular formula is C18H23NS. The predicted molar refractivity (Wildman–Crippen MR) is 90.6 cm³/mol. The van der Waals surface area contributed by atoms with Gasteiger partial charge in [-0.2, -0.15) is 11.8 Å². The number of nitrogens with one attached hydrogen (secondary N) is 1. The number of thioether (sulfide) groups is 1. The van der Waals surface area contributed by atoms with E-state index in [0.717, 1.165) is 19.5 Å². The molecule has 2 aromatic carbocycles. The van der Waals surface area contributed by atoms with Crippen LogP contribution in [0.1, 0.15) is 23.5 Å². The number of hydrogen-bond acceptors (Lipinski definition) is 2. The van der Waals surface area contributed by atoms with Crippen LogP contribution in [0.4, 0.5) is 0 Å². The third-order valence-electron chi connectivity index (χ3n) is 3.50. The summed E-state index contributed by atoms with van der Waals surface area (Å²) < 4.78 is 0. The lowest BCUT2D eigenvalue weighted by molar-refractivity contribution is 0.630. The molecule has 0 spiro atoms. The Hall–Kier alpha value is -1.25. The van der Waals surface area contributed by atoms with Crippen LogP contribution >= 0.6 is 11.8 Å². The van der Waals surface area contributed by atoms with Crippen molar-refractivity contribution in [1.82, 2.24) is 5.32 Å². The van der Waals surface area contributed by atoms with Crippen LogP contribution in [-0.2, 0) is 0 Å². The lowest BCUT2D eigenvalue weighted by Crippen LogP contribution is -2.20. The molecule has 2 aromatic rings. The third kappa shape index (κ3) is 4.69. The number of rotatable bonds is 8. The van der Waals surface area contributed by atoms with Gasteiger partial charge in [0.25, 0.3) is 0 Å². The first-order valence-corrected chi connectivity index (χ1v) is 8.60. The summed E-state index contributed by atoms with van der Waals surface area (Å²) in [5.74, 6) is 1.67. The average molecular weight is 285 g/mol. The molecule has 2 heteroatoms. The van der Waals surface area contributed by atoms with E-state index in [-0.39, 0.29) is 0 Å². The molecule has 0 saturated carbocycles. The second kappa shape index (κ2) is 8.83. The Balaban J connectivity index is 2.02. The lowest BCUT2D eigenvalue weighted by atomic mass is 9.88. The summed E-state index contributed by atoms with van der Waals surface area (Å²) in [5.41, 5.74) is 2.82. The number of benzene rings is 2. The zero-order valence-corrected chi connectivity index (χ0v) is 12.9. The Bertz CT molecular complexity index is 430. The molecule has 2 rings (SSSR count). The first-order valence-electron chi connectivity index (χ1n) is 7.21. The zero-order chi connectivity index (χ0) is 14.0. The molecule has 0 bridgehead atoms. The van der Waals surface area contributed by atoms with Gasteiger partial charge in [0.05, 0.1) is 0 Å². The third-order valence-corrected chi connectivity index (χ3v) is 4.11. The summed E-state index contributed by atoms with van der Waals surface area (Å²) in [7, 11) is 0. The second-order valence-electron chi connectivity index (χ2n) is 4.91. The van der Waals surface area contributed by atoms with E-state index < -0.39 is 0 Å². The molecule has 1 N–H and O–H groups in total. The van der Waals surface area contributed by atoms with Gasteiger partial charge in [0.2, 0.25) is 0 Å². The van der Waals surface area contributed by atoms with Crippen molar-refractivity contribution < 1.29 is 0 Å². The van der Waals surface area contributed by atoms with Gasteiger partial charge >= 0.3 is 0 Å². The van der Waals surface area contributed by atoms with Gasteiger partial charge in [-0.3, -0.25) is 0 Å². The second-order valence-corrected chi connectivity index (χ2v) is 5.89. The van der Waals surface area contributed by atoms with E-state index in [1.807, 2.05) is 11.8 Å². The van der Waals surface area contributed by atoms with Crippen molar-refractivity contribution in [3.05, 3.63) is 71.8 Å². The van der Waals surface area contributed by atoms with Crippen molar-refractivity contribution in [3.8, 4) is 0 Å². The summed E-state index contributed by atoms with van der Waals surface area (Å²) >= 11 is 1.89. The SMILES string of the molecule is CSCCNCCC(c1ccccc1)c1ccccc1. The Kier molecular flexibility index (Phi) is 6.69. The highest BCUT2D eigenvalue weighted by molar-refractivity contribution is 7.98. The van der Waals surface area contributed by atoms with Gasteiger partial charge in [-0.1, -0.05) is 60.7 Å². The highest BCUT2D eigenvalue weighted by Gasteiger charge is 2.12. The van der Waals surface area contributed by atoms with Crippen molar-refractivity contribution in [1.29, 1.82) is 0 Å². The maximum atomic E-state index is 3.54. The van der Waals surface area contributed by atoms with Crippen LogP contribution in [0.25, 0.3) is 0 Å². The van der Waals surface area contributed by atoms with Crippen LogP contribution in [0.5, 0.6) is 0 Å². The van der Waals surface area contributed by atoms with Crippen molar-refractivity contribution in [2.24, 2.45) is 0 Å². The molecule has 0 heterocycles. The van der Waals surface area contributed by atoms with Gasteiger partial charge < -0.3 is 5.32 Å². The van der Waals surface area contributed by atoms with E-state index in [2.05, 4.69) is 72.2 Å². The molecule has 0 aliphatic carbocycles. The van der Waals surface area contributed by atoms with Crippen LogP contribution in [0.15, 0.2) is 60.7 Å². The van der Waals surface area contributed by atoms with Crippen molar-refractivity contribution in [3.63, 3.8) is 0 Å². The minimum absolute atomic E-state index is 0.485. The van der Waals surface area contributed by atoms with Gasteiger partial charge in [-0.05, 0) is 30.3 Å². The van der Waals surface area contributed by atoms with Gasteiger partial charge in [0.1, 0.15) is 0 Å². The minimum atomic E-state index is 0.485. The molecule has 0 fully saturated rings. The van der Waals surface area contributed by atoms with Crippen molar-refractivity contribution >= 4 is 11.8 Å². The van der Waals surface area contributed by atoms with Crippen LogP contribution in [0.3, 0.4) is 0 Å². The van der Waals surface area contributed by atoms with E-state index in [4.69, 9.17) is 0 Å². The first kappa shape index (κ1) is 15.1. The summed E-state index contributed by atoms with van der Waals surface area (Å²) in [5, 5.41) is 3.54. The fourth-order valence-corrected chi connectivity index (χ4v) is 2.79.